The first kappa shape index (κ1) is 18.4. The smallest absolute Gasteiger partial charge is 0.305 e. The predicted molar refractivity (Wildman–Crippen MR) is 85.2 cm³/mol. The molecule has 0 unspecified atom stereocenters. The van der Waals surface area contributed by atoms with Crippen molar-refractivity contribution in [1.29, 1.82) is 0 Å². The van der Waals surface area contributed by atoms with E-state index in [-0.39, 0.29) is 23.8 Å². The van der Waals surface area contributed by atoms with E-state index in [1.807, 2.05) is 0 Å². The Morgan fingerprint density at radius 2 is 1.79 bits per heavy atom. The molecule has 24 heavy (non-hydrogen) atoms. The number of carboxylic acid groups (broad SMARTS) is 1. The Morgan fingerprint density at radius 1 is 1.21 bits per heavy atom. The number of hydrogen-bond acceptors (Lipinski definition) is 5. The molecular formula is C15H20N2O6S. The second-order valence-corrected chi connectivity index (χ2v) is 7.35. The molecule has 9 heteroatoms. The third-order valence-corrected chi connectivity index (χ3v) is 5.63. The van der Waals surface area contributed by atoms with Crippen LogP contribution < -0.4 is 0 Å². The number of amides is 1. The Bertz CT molecular complexity index is 695. The van der Waals surface area contributed by atoms with Gasteiger partial charge in [-0.05, 0) is 24.3 Å². The Balaban J connectivity index is 2.09. The topological polar surface area (TPSA) is 104 Å². The van der Waals surface area contributed by atoms with E-state index in [0.717, 1.165) is 0 Å². The fraction of sp³-hybridized carbons (Fsp3) is 0.467. The molecule has 0 aromatic heterocycles. The fourth-order valence-corrected chi connectivity index (χ4v) is 3.70. The Morgan fingerprint density at radius 3 is 2.33 bits per heavy atom. The normalized spacial score (nSPS) is 15.9. The summed E-state index contributed by atoms with van der Waals surface area (Å²) < 4.78 is 31.5. The lowest BCUT2D eigenvalue weighted by molar-refractivity contribution is -0.137. The molecule has 1 aromatic carbocycles. The van der Waals surface area contributed by atoms with Gasteiger partial charge in [0.15, 0.2) is 0 Å². The van der Waals surface area contributed by atoms with Gasteiger partial charge in [0.05, 0.1) is 24.5 Å². The third kappa shape index (κ3) is 4.31. The van der Waals surface area contributed by atoms with E-state index < -0.39 is 16.0 Å². The second kappa shape index (κ2) is 7.73. The van der Waals surface area contributed by atoms with Crippen molar-refractivity contribution in [3.05, 3.63) is 29.8 Å². The van der Waals surface area contributed by atoms with Gasteiger partial charge in [0, 0.05) is 32.2 Å². The summed E-state index contributed by atoms with van der Waals surface area (Å²) in [5.41, 5.74) is 0.309. The van der Waals surface area contributed by atoms with Gasteiger partial charge in [0.25, 0.3) is 5.91 Å². The molecular weight excluding hydrogens is 336 g/mol. The van der Waals surface area contributed by atoms with Gasteiger partial charge in [-0.1, -0.05) is 0 Å². The molecule has 8 nitrogen and oxygen atoms in total. The van der Waals surface area contributed by atoms with Crippen molar-refractivity contribution >= 4 is 21.9 Å². The average molecular weight is 356 g/mol. The molecule has 0 radical (unpaired) electrons. The quantitative estimate of drug-likeness (QED) is 0.784. The maximum Gasteiger partial charge on any atom is 0.305 e. The van der Waals surface area contributed by atoms with Crippen LogP contribution in [-0.4, -0.2) is 74.5 Å². The lowest BCUT2D eigenvalue weighted by atomic mass is 10.2. The Kier molecular flexibility index (Phi) is 5.92. The summed E-state index contributed by atoms with van der Waals surface area (Å²) in [6.45, 7) is 1.43. The van der Waals surface area contributed by atoms with E-state index in [0.29, 0.717) is 31.9 Å². The maximum absolute atomic E-state index is 12.5. The number of nitrogens with zero attached hydrogens (tertiary/aromatic N) is 2. The van der Waals surface area contributed by atoms with Crippen molar-refractivity contribution in [3.8, 4) is 0 Å². The number of carboxylic acids is 1. The zero-order valence-corrected chi connectivity index (χ0v) is 14.2. The SMILES string of the molecule is CN(CCC(=O)O)C(=O)c1ccc(S(=O)(=O)N2CCOCC2)cc1. The minimum absolute atomic E-state index is 0.0853. The molecule has 1 aliphatic rings. The molecule has 0 aliphatic carbocycles. The standard InChI is InChI=1S/C15H20N2O6S/c1-16(7-6-14(18)19)15(20)12-2-4-13(5-3-12)24(21,22)17-8-10-23-11-9-17/h2-5H,6-11H2,1H3,(H,18,19). The molecule has 2 rings (SSSR count). The van der Waals surface area contributed by atoms with Crippen LogP contribution in [-0.2, 0) is 19.6 Å². The molecule has 0 saturated carbocycles. The van der Waals surface area contributed by atoms with Crippen LogP contribution in [0.3, 0.4) is 0 Å². The van der Waals surface area contributed by atoms with Crippen LogP contribution in [0.1, 0.15) is 16.8 Å². The maximum atomic E-state index is 12.5. The summed E-state index contributed by atoms with van der Waals surface area (Å²) in [7, 11) is -2.09. The van der Waals surface area contributed by atoms with Crippen LogP contribution in [0.25, 0.3) is 0 Å². The van der Waals surface area contributed by atoms with Crippen LogP contribution in [0.2, 0.25) is 0 Å². The molecule has 1 heterocycles. The van der Waals surface area contributed by atoms with Gasteiger partial charge in [0.1, 0.15) is 0 Å². The molecule has 0 spiro atoms. The molecule has 1 aliphatic heterocycles. The Hall–Kier alpha value is -1.97. The summed E-state index contributed by atoms with van der Waals surface area (Å²) in [6.07, 6.45) is -0.147. The van der Waals surface area contributed by atoms with E-state index in [4.69, 9.17) is 9.84 Å². The van der Waals surface area contributed by atoms with Gasteiger partial charge < -0.3 is 14.7 Å². The van der Waals surface area contributed by atoms with Crippen molar-refractivity contribution in [3.63, 3.8) is 0 Å². The van der Waals surface area contributed by atoms with E-state index >= 15 is 0 Å². The molecule has 1 saturated heterocycles. The average Bonchev–Trinajstić information content (AvgIpc) is 2.59. The van der Waals surface area contributed by atoms with Crippen LogP contribution in [0, 0.1) is 0 Å². The zero-order valence-electron chi connectivity index (χ0n) is 13.3. The van der Waals surface area contributed by atoms with Gasteiger partial charge in [-0.2, -0.15) is 4.31 Å². The van der Waals surface area contributed by atoms with Crippen molar-refractivity contribution < 1.29 is 27.9 Å². The third-order valence-electron chi connectivity index (χ3n) is 3.72. The lowest BCUT2D eigenvalue weighted by Gasteiger charge is -2.26. The first-order chi connectivity index (χ1) is 11.3. The van der Waals surface area contributed by atoms with Gasteiger partial charge in [-0.15, -0.1) is 0 Å². The number of carbonyl (C=O) groups is 2. The van der Waals surface area contributed by atoms with Gasteiger partial charge in [-0.25, -0.2) is 8.42 Å². The highest BCUT2D eigenvalue weighted by Crippen LogP contribution is 2.18. The summed E-state index contributed by atoms with van der Waals surface area (Å²) in [5.74, 6) is -1.34. The van der Waals surface area contributed by atoms with Crippen LogP contribution in [0.15, 0.2) is 29.2 Å². The predicted octanol–water partition coefficient (Wildman–Crippen LogP) is 0.254. The van der Waals surface area contributed by atoms with Crippen molar-refractivity contribution in [1.82, 2.24) is 9.21 Å². The van der Waals surface area contributed by atoms with E-state index in [1.165, 1.54) is 40.5 Å². The van der Waals surface area contributed by atoms with E-state index in [1.54, 1.807) is 0 Å². The van der Waals surface area contributed by atoms with Crippen molar-refractivity contribution in [2.45, 2.75) is 11.3 Å². The van der Waals surface area contributed by atoms with Crippen LogP contribution in [0.5, 0.6) is 0 Å². The first-order valence-corrected chi connectivity index (χ1v) is 8.91. The highest BCUT2D eigenvalue weighted by Gasteiger charge is 2.26. The summed E-state index contributed by atoms with van der Waals surface area (Å²) in [5, 5.41) is 8.65. The molecule has 1 fully saturated rings. The van der Waals surface area contributed by atoms with Gasteiger partial charge in [0.2, 0.25) is 10.0 Å². The van der Waals surface area contributed by atoms with E-state index in [2.05, 4.69) is 0 Å². The first-order valence-electron chi connectivity index (χ1n) is 7.47. The monoisotopic (exact) mass is 356 g/mol. The molecule has 0 bridgehead atoms. The number of sulfonamides is 1. The number of rotatable bonds is 6. The minimum atomic E-state index is -3.60. The largest absolute Gasteiger partial charge is 0.481 e. The van der Waals surface area contributed by atoms with Crippen molar-refractivity contribution in [2.24, 2.45) is 0 Å². The van der Waals surface area contributed by atoms with Gasteiger partial charge in [-0.3, -0.25) is 9.59 Å². The highest BCUT2D eigenvalue weighted by molar-refractivity contribution is 7.89. The number of ether oxygens (including phenoxy) is 1. The highest BCUT2D eigenvalue weighted by atomic mass is 32.2. The molecule has 132 valence electrons. The fourth-order valence-electron chi connectivity index (χ4n) is 2.29. The summed E-state index contributed by atoms with van der Waals surface area (Å²) in [6, 6.07) is 5.66. The number of aliphatic carboxylic acids is 1. The summed E-state index contributed by atoms with van der Waals surface area (Å²) >= 11 is 0. The van der Waals surface area contributed by atoms with E-state index in [9.17, 15) is 18.0 Å². The molecule has 1 aromatic rings. The Labute approximate surface area is 140 Å². The summed E-state index contributed by atoms with van der Waals surface area (Å²) in [4.78, 5) is 24.1. The molecule has 1 amide bonds. The van der Waals surface area contributed by atoms with Crippen LogP contribution >= 0.6 is 0 Å². The van der Waals surface area contributed by atoms with Gasteiger partial charge >= 0.3 is 5.97 Å². The number of benzene rings is 1. The number of hydrogen-bond donors (Lipinski definition) is 1. The number of carbonyl (C=O) groups excluding carboxylic acids is 1. The minimum Gasteiger partial charge on any atom is -0.481 e. The number of morpholine rings is 1. The zero-order chi connectivity index (χ0) is 17.7. The lowest BCUT2D eigenvalue weighted by Crippen LogP contribution is -2.40. The second-order valence-electron chi connectivity index (χ2n) is 5.41. The van der Waals surface area contributed by atoms with Crippen molar-refractivity contribution in [2.75, 3.05) is 39.9 Å². The molecule has 0 atom stereocenters. The van der Waals surface area contributed by atoms with Crippen LogP contribution in [0.4, 0.5) is 0 Å². The molecule has 1 N–H and O–H groups in total.